The smallest absolute Gasteiger partial charge is 0.367 e. The van der Waals surface area contributed by atoms with Gasteiger partial charge in [-0.2, -0.15) is 13.2 Å². The van der Waals surface area contributed by atoms with Gasteiger partial charge in [-0.15, -0.1) is 0 Å². The molecule has 0 aromatic heterocycles. The van der Waals surface area contributed by atoms with Gasteiger partial charge < -0.3 is 20.7 Å². The lowest BCUT2D eigenvalue weighted by Gasteiger charge is -2.31. The van der Waals surface area contributed by atoms with E-state index in [1.54, 1.807) is 0 Å². The number of thioether (sulfide) groups is 1. The summed E-state index contributed by atoms with van der Waals surface area (Å²) < 4.78 is 41.8. The number of hydrogen-bond donors (Lipinski definition) is 2. The highest BCUT2D eigenvalue weighted by molar-refractivity contribution is 8.00. The minimum Gasteiger partial charge on any atom is -0.367 e. The Balaban J connectivity index is 1.93. The van der Waals surface area contributed by atoms with E-state index >= 15 is 0 Å². The fourth-order valence-corrected chi connectivity index (χ4v) is 2.49. The first kappa shape index (κ1) is 17.4. The van der Waals surface area contributed by atoms with E-state index in [-0.39, 0.29) is 36.4 Å². The van der Waals surface area contributed by atoms with Gasteiger partial charge in [-0.3, -0.25) is 4.79 Å². The van der Waals surface area contributed by atoms with Crippen LogP contribution in [0, 0.1) is 0 Å². The molecule has 1 aromatic rings. The molecule has 126 valence electrons. The first-order valence-corrected chi connectivity index (χ1v) is 7.39. The van der Waals surface area contributed by atoms with Crippen LogP contribution in [0.4, 0.5) is 23.7 Å². The molecular weight excluding hydrogens is 335 g/mol. The van der Waals surface area contributed by atoms with Gasteiger partial charge in [0.15, 0.2) is 6.10 Å². The molecule has 6 nitrogen and oxygen atoms in total. The fraction of sp³-hybridized carbons (Fsp3) is 0.385. The van der Waals surface area contributed by atoms with E-state index in [1.165, 1.54) is 29.2 Å². The predicted molar refractivity (Wildman–Crippen MR) is 77.9 cm³/mol. The zero-order chi connectivity index (χ0) is 17.0. The number of morpholine rings is 1. The second-order valence-electron chi connectivity index (χ2n) is 4.71. The molecule has 0 spiro atoms. The fourth-order valence-electron chi connectivity index (χ4n) is 1.95. The van der Waals surface area contributed by atoms with Crippen molar-refractivity contribution in [1.29, 1.82) is 0 Å². The Morgan fingerprint density at radius 1 is 1.30 bits per heavy atom. The van der Waals surface area contributed by atoms with Crippen molar-refractivity contribution in [3.63, 3.8) is 0 Å². The molecule has 1 aliphatic heterocycles. The molecule has 1 aromatic carbocycles. The molecule has 1 unspecified atom stereocenters. The first-order chi connectivity index (χ1) is 10.7. The van der Waals surface area contributed by atoms with Crippen LogP contribution in [0.2, 0.25) is 0 Å². The van der Waals surface area contributed by atoms with Crippen LogP contribution in [-0.4, -0.2) is 48.1 Å². The van der Waals surface area contributed by atoms with Crippen LogP contribution in [0.15, 0.2) is 29.2 Å². The number of nitrogens with zero attached hydrogens (tertiary/aromatic N) is 1. The third kappa shape index (κ3) is 5.32. The van der Waals surface area contributed by atoms with Gasteiger partial charge in [0.2, 0.25) is 5.91 Å². The van der Waals surface area contributed by atoms with Crippen LogP contribution in [-0.2, 0) is 9.53 Å². The summed E-state index contributed by atoms with van der Waals surface area (Å²) in [6.07, 6.45) is -0.861. The van der Waals surface area contributed by atoms with Crippen molar-refractivity contribution in [3.8, 4) is 0 Å². The quantitative estimate of drug-likeness (QED) is 0.818. The van der Waals surface area contributed by atoms with Gasteiger partial charge in [-0.1, -0.05) is 0 Å². The van der Waals surface area contributed by atoms with Crippen LogP contribution >= 0.6 is 11.8 Å². The monoisotopic (exact) mass is 349 g/mol. The zero-order valence-corrected chi connectivity index (χ0v) is 12.6. The van der Waals surface area contributed by atoms with Gasteiger partial charge in [0.25, 0.3) is 0 Å². The Labute approximate surface area is 134 Å². The number of halogens is 3. The average molecular weight is 349 g/mol. The van der Waals surface area contributed by atoms with Crippen LogP contribution in [0.25, 0.3) is 0 Å². The maximum absolute atomic E-state index is 12.2. The maximum Gasteiger partial charge on any atom is 0.446 e. The van der Waals surface area contributed by atoms with Crippen molar-refractivity contribution >= 4 is 29.4 Å². The summed E-state index contributed by atoms with van der Waals surface area (Å²) in [5, 5.41) is 2.55. The molecule has 3 amide bonds. The number of alkyl halides is 3. The number of nitrogens with two attached hydrogens (primary N) is 1. The molecule has 1 heterocycles. The van der Waals surface area contributed by atoms with Crippen molar-refractivity contribution in [1.82, 2.24) is 4.90 Å². The van der Waals surface area contributed by atoms with Gasteiger partial charge >= 0.3 is 11.5 Å². The molecule has 3 N–H and O–H groups in total. The summed E-state index contributed by atoms with van der Waals surface area (Å²) in [5.74, 6) is -0.656. The molecule has 0 saturated carbocycles. The molecule has 0 aliphatic carbocycles. The maximum atomic E-state index is 12.2. The largest absolute Gasteiger partial charge is 0.446 e. The highest BCUT2D eigenvalue weighted by atomic mass is 32.2. The van der Waals surface area contributed by atoms with Gasteiger partial charge in [0, 0.05) is 17.1 Å². The normalized spacial score (nSPS) is 18.6. The van der Waals surface area contributed by atoms with Crippen molar-refractivity contribution in [2.24, 2.45) is 5.73 Å². The van der Waals surface area contributed by atoms with Crippen LogP contribution in [0.5, 0.6) is 0 Å². The van der Waals surface area contributed by atoms with Crippen molar-refractivity contribution in [2.75, 3.05) is 25.0 Å². The number of carbonyl (C=O) groups is 2. The van der Waals surface area contributed by atoms with Crippen LogP contribution < -0.4 is 11.1 Å². The first-order valence-electron chi connectivity index (χ1n) is 6.57. The zero-order valence-electron chi connectivity index (χ0n) is 11.8. The van der Waals surface area contributed by atoms with Gasteiger partial charge in [-0.05, 0) is 36.0 Å². The Bertz CT molecular complexity index is 580. The van der Waals surface area contributed by atoms with E-state index in [2.05, 4.69) is 5.32 Å². The van der Waals surface area contributed by atoms with Crippen molar-refractivity contribution < 1.29 is 27.5 Å². The number of urea groups is 1. The molecule has 1 atom stereocenters. The number of rotatable bonds is 3. The Morgan fingerprint density at radius 3 is 2.52 bits per heavy atom. The molecule has 23 heavy (non-hydrogen) atoms. The number of primary amides is 1. The van der Waals surface area contributed by atoms with E-state index < -0.39 is 23.6 Å². The summed E-state index contributed by atoms with van der Waals surface area (Å²) in [6.45, 7) is 0.503. The topological polar surface area (TPSA) is 84.7 Å². The predicted octanol–water partition coefficient (Wildman–Crippen LogP) is 2.02. The molecule has 10 heteroatoms. The molecule has 0 bridgehead atoms. The third-order valence-corrected chi connectivity index (χ3v) is 3.75. The second-order valence-corrected chi connectivity index (χ2v) is 5.85. The van der Waals surface area contributed by atoms with Crippen LogP contribution in [0.1, 0.15) is 0 Å². The SMILES string of the molecule is NC(=O)C1CN(C(=O)Nc2ccc(SC(F)(F)F)cc2)CCO1. The molecule has 1 saturated heterocycles. The number of hydrogen-bond acceptors (Lipinski definition) is 4. The number of carbonyl (C=O) groups excluding carboxylic acids is 2. The van der Waals surface area contributed by atoms with Crippen molar-refractivity contribution in [2.45, 2.75) is 16.5 Å². The molecule has 1 fully saturated rings. The van der Waals surface area contributed by atoms with Gasteiger partial charge in [0.05, 0.1) is 13.2 Å². The van der Waals surface area contributed by atoms with E-state index in [9.17, 15) is 22.8 Å². The summed E-state index contributed by atoms with van der Waals surface area (Å²) >= 11 is -0.231. The lowest BCUT2D eigenvalue weighted by Crippen LogP contribution is -2.51. The number of benzene rings is 1. The standard InChI is InChI=1S/C13H14F3N3O3S/c14-13(15,16)23-9-3-1-8(2-4-9)18-12(21)19-5-6-22-10(7-19)11(17)20/h1-4,10H,5-7H2,(H2,17,20)(H,18,21). The molecule has 0 radical (unpaired) electrons. The van der Waals surface area contributed by atoms with Crippen molar-refractivity contribution in [3.05, 3.63) is 24.3 Å². The van der Waals surface area contributed by atoms with E-state index in [0.29, 0.717) is 5.69 Å². The summed E-state index contributed by atoms with van der Waals surface area (Å²) in [6, 6.07) is 4.80. The number of amides is 3. The average Bonchev–Trinajstić information content (AvgIpc) is 2.48. The van der Waals surface area contributed by atoms with Gasteiger partial charge in [0.1, 0.15) is 0 Å². The summed E-state index contributed by atoms with van der Waals surface area (Å²) in [4.78, 5) is 24.5. The molecule has 1 aliphatic rings. The highest BCUT2D eigenvalue weighted by Gasteiger charge is 2.29. The summed E-state index contributed by atoms with van der Waals surface area (Å²) in [7, 11) is 0. The minimum atomic E-state index is -4.36. The Morgan fingerprint density at radius 2 is 1.96 bits per heavy atom. The van der Waals surface area contributed by atoms with Gasteiger partial charge in [-0.25, -0.2) is 4.79 Å². The number of ether oxygens (including phenoxy) is 1. The Hall–Kier alpha value is -1.94. The van der Waals surface area contributed by atoms with Crippen LogP contribution in [0.3, 0.4) is 0 Å². The number of anilines is 1. The molecule has 2 rings (SSSR count). The second kappa shape index (κ2) is 7.09. The third-order valence-electron chi connectivity index (χ3n) is 3.01. The molecular formula is C13H14F3N3O3S. The lowest BCUT2D eigenvalue weighted by atomic mass is 10.2. The van der Waals surface area contributed by atoms with E-state index in [0.717, 1.165) is 0 Å². The highest BCUT2D eigenvalue weighted by Crippen LogP contribution is 2.37. The number of nitrogens with one attached hydrogen (secondary N) is 1. The Kier molecular flexibility index (Phi) is 5.37. The van der Waals surface area contributed by atoms with E-state index in [4.69, 9.17) is 10.5 Å². The summed E-state index contributed by atoms with van der Waals surface area (Å²) in [5.41, 5.74) is 1.12. The van der Waals surface area contributed by atoms with E-state index in [1.807, 2.05) is 0 Å². The lowest BCUT2D eigenvalue weighted by molar-refractivity contribution is -0.133. The minimum absolute atomic E-state index is 0.0238.